The highest BCUT2D eigenvalue weighted by atomic mass is 19.1. The van der Waals surface area contributed by atoms with Gasteiger partial charge in [-0.1, -0.05) is 19.1 Å². The van der Waals surface area contributed by atoms with Crippen LogP contribution in [0.4, 0.5) is 4.39 Å². The molecule has 0 saturated carbocycles. The van der Waals surface area contributed by atoms with Crippen molar-refractivity contribution in [3.8, 4) is 0 Å². The van der Waals surface area contributed by atoms with Crippen LogP contribution in [0.25, 0.3) is 0 Å². The first-order valence-electron chi connectivity index (χ1n) is 7.46. The monoisotopic (exact) mass is 280 g/mol. The first kappa shape index (κ1) is 15.4. The van der Waals surface area contributed by atoms with Crippen LogP contribution in [0.1, 0.15) is 25.3 Å². The van der Waals surface area contributed by atoms with E-state index in [0.29, 0.717) is 12.2 Å². The molecule has 1 heterocycles. The van der Waals surface area contributed by atoms with Crippen molar-refractivity contribution in [2.75, 3.05) is 26.7 Å². The molecule has 1 aliphatic heterocycles. The van der Waals surface area contributed by atoms with Gasteiger partial charge in [0.25, 0.3) is 0 Å². The third-order valence-corrected chi connectivity index (χ3v) is 3.70. The molecular formula is C16H25FN2O. The average Bonchev–Trinajstić information content (AvgIpc) is 2.86. The molecule has 1 aromatic carbocycles. The molecule has 0 bridgehead atoms. The van der Waals surface area contributed by atoms with Gasteiger partial charge < -0.3 is 10.1 Å². The van der Waals surface area contributed by atoms with E-state index in [1.54, 1.807) is 0 Å². The highest BCUT2D eigenvalue weighted by Gasteiger charge is 2.25. The molecule has 0 spiro atoms. The predicted molar refractivity (Wildman–Crippen MR) is 79.2 cm³/mol. The van der Waals surface area contributed by atoms with E-state index in [0.717, 1.165) is 44.6 Å². The van der Waals surface area contributed by atoms with Gasteiger partial charge in [0.1, 0.15) is 5.82 Å². The number of ether oxygens (including phenoxy) is 1. The van der Waals surface area contributed by atoms with E-state index in [2.05, 4.69) is 24.2 Å². The lowest BCUT2D eigenvalue weighted by atomic mass is 10.1. The Morgan fingerprint density at radius 2 is 1.95 bits per heavy atom. The lowest BCUT2D eigenvalue weighted by molar-refractivity contribution is 0.0270. The van der Waals surface area contributed by atoms with Crippen molar-refractivity contribution in [1.29, 1.82) is 0 Å². The van der Waals surface area contributed by atoms with E-state index in [9.17, 15) is 4.39 Å². The Hall–Kier alpha value is -0.970. The van der Waals surface area contributed by atoms with Crippen LogP contribution in [0, 0.1) is 5.82 Å². The van der Waals surface area contributed by atoms with E-state index < -0.39 is 0 Å². The Morgan fingerprint density at radius 1 is 1.25 bits per heavy atom. The van der Waals surface area contributed by atoms with E-state index >= 15 is 0 Å². The Balaban J connectivity index is 1.72. The summed E-state index contributed by atoms with van der Waals surface area (Å²) in [7, 11) is 2.09. The number of halogens is 1. The highest BCUT2D eigenvalue weighted by molar-refractivity contribution is 5.15. The van der Waals surface area contributed by atoms with Crippen LogP contribution in [0.2, 0.25) is 0 Å². The zero-order valence-electron chi connectivity index (χ0n) is 12.4. The lowest BCUT2D eigenvalue weighted by Gasteiger charge is -2.21. The molecule has 112 valence electrons. The van der Waals surface area contributed by atoms with Gasteiger partial charge in [0.15, 0.2) is 0 Å². The number of rotatable bonds is 7. The van der Waals surface area contributed by atoms with E-state index in [-0.39, 0.29) is 5.82 Å². The Bertz CT molecular complexity index is 396. The van der Waals surface area contributed by atoms with E-state index in [4.69, 9.17) is 4.74 Å². The van der Waals surface area contributed by atoms with E-state index in [1.807, 2.05) is 12.1 Å². The molecule has 2 rings (SSSR count). The van der Waals surface area contributed by atoms with Gasteiger partial charge >= 0.3 is 0 Å². The SMILES string of the molecule is CCNCC1CCC(CN(C)Cc2ccc(F)cc2)O1. The summed E-state index contributed by atoms with van der Waals surface area (Å²) in [5, 5.41) is 3.34. The molecule has 1 saturated heterocycles. The first-order valence-corrected chi connectivity index (χ1v) is 7.46. The molecule has 4 heteroatoms. The Kier molecular flexibility index (Phi) is 5.95. The van der Waals surface area contributed by atoms with Crippen molar-refractivity contribution in [3.05, 3.63) is 35.6 Å². The van der Waals surface area contributed by atoms with E-state index in [1.165, 1.54) is 12.1 Å². The molecule has 0 radical (unpaired) electrons. The van der Waals surface area contributed by atoms with Gasteiger partial charge in [-0.3, -0.25) is 4.90 Å². The first-order chi connectivity index (χ1) is 9.67. The number of likely N-dealkylation sites (N-methyl/N-ethyl adjacent to an activating group) is 2. The number of benzene rings is 1. The summed E-state index contributed by atoms with van der Waals surface area (Å²) in [6.07, 6.45) is 2.95. The molecule has 0 amide bonds. The third-order valence-electron chi connectivity index (χ3n) is 3.70. The fourth-order valence-corrected chi connectivity index (χ4v) is 2.68. The number of nitrogens with zero attached hydrogens (tertiary/aromatic N) is 1. The predicted octanol–water partition coefficient (Wildman–Crippen LogP) is 2.41. The number of hydrogen-bond donors (Lipinski definition) is 1. The van der Waals surface area contributed by atoms with Crippen LogP contribution in [0.3, 0.4) is 0 Å². The highest BCUT2D eigenvalue weighted by Crippen LogP contribution is 2.20. The molecular weight excluding hydrogens is 255 g/mol. The average molecular weight is 280 g/mol. The maximum Gasteiger partial charge on any atom is 0.123 e. The largest absolute Gasteiger partial charge is 0.372 e. The Morgan fingerprint density at radius 3 is 2.65 bits per heavy atom. The molecule has 2 atom stereocenters. The van der Waals surface area contributed by atoms with Crippen molar-refractivity contribution >= 4 is 0 Å². The summed E-state index contributed by atoms with van der Waals surface area (Å²) in [5.74, 6) is -0.179. The van der Waals surface area contributed by atoms with Crippen LogP contribution >= 0.6 is 0 Å². The van der Waals surface area contributed by atoms with Crippen molar-refractivity contribution in [2.45, 2.75) is 38.5 Å². The minimum Gasteiger partial charge on any atom is -0.372 e. The summed E-state index contributed by atoms with van der Waals surface area (Å²) in [4.78, 5) is 2.24. The second kappa shape index (κ2) is 7.72. The molecule has 0 aromatic heterocycles. The molecule has 3 nitrogen and oxygen atoms in total. The summed E-state index contributed by atoms with van der Waals surface area (Å²) in [6, 6.07) is 6.72. The van der Waals surface area contributed by atoms with Crippen LogP contribution in [-0.4, -0.2) is 43.8 Å². The molecule has 20 heavy (non-hydrogen) atoms. The topological polar surface area (TPSA) is 24.5 Å². The van der Waals surface area contributed by atoms with Gasteiger partial charge in [0, 0.05) is 19.6 Å². The molecule has 1 N–H and O–H groups in total. The van der Waals surface area contributed by atoms with Gasteiger partial charge in [-0.05, 0) is 44.1 Å². The maximum absolute atomic E-state index is 12.9. The van der Waals surface area contributed by atoms with Gasteiger partial charge in [0.05, 0.1) is 12.2 Å². The standard InChI is InChI=1S/C16H25FN2O/c1-3-18-10-15-8-9-16(20-15)12-19(2)11-13-4-6-14(17)7-5-13/h4-7,15-16,18H,3,8-12H2,1-2H3. The van der Waals surface area contributed by atoms with Crippen molar-refractivity contribution in [3.63, 3.8) is 0 Å². The zero-order valence-corrected chi connectivity index (χ0v) is 12.4. The van der Waals surface area contributed by atoms with Crippen LogP contribution in [0.15, 0.2) is 24.3 Å². The smallest absolute Gasteiger partial charge is 0.123 e. The number of nitrogens with one attached hydrogen (secondary N) is 1. The summed E-state index contributed by atoms with van der Waals surface area (Å²) in [6.45, 7) is 5.82. The molecule has 1 aliphatic rings. The van der Waals surface area contributed by atoms with Crippen LogP contribution in [0.5, 0.6) is 0 Å². The van der Waals surface area contributed by atoms with Crippen molar-refractivity contribution < 1.29 is 9.13 Å². The van der Waals surface area contributed by atoms with Gasteiger partial charge in [-0.25, -0.2) is 4.39 Å². The van der Waals surface area contributed by atoms with Gasteiger partial charge in [-0.15, -0.1) is 0 Å². The minimum atomic E-state index is -0.179. The summed E-state index contributed by atoms with van der Waals surface area (Å²) < 4.78 is 18.9. The normalized spacial score (nSPS) is 22.6. The maximum atomic E-state index is 12.9. The third kappa shape index (κ3) is 4.85. The second-order valence-electron chi connectivity index (χ2n) is 5.59. The molecule has 1 aromatic rings. The number of hydrogen-bond acceptors (Lipinski definition) is 3. The van der Waals surface area contributed by atoms with Crippen LogP contribution in [-0.2, 0) is 11.3 Å². The van der Waals surface area contributed by atoms with Gasteiger partial charge in [-0.2, -0.15) is 0 Å². The van der Waals surface area contributed by atoms with Crippen molar-refractivity contribution in [2.24, 2.45) is 0 Å². The quantitative estimate of drug-likeness (QED) is 0.830. The molecule has 2 unspecified atom stereocenters. The zero-order chi connectivity index (χ0) is 14.4. The van der Waals surface area contributed by atoms with Gasteiger partial charge in [0.2, 0.25) is 0 Å². The second-order valence-corrected chi connectivity index (χ2v) is 5.59. The summed E-state index contributed by atoms with van der Waals surface area (Å²) in [5.41, 5.74) is 1.14. The molecule has 1 fully saturated rings. The van der Waals surface area contributed by atoms with Crippen LogP contribution < -0.4 is 5.32 Å². The van der Waals surface area contributed by atoms with Crippen molar-refractivity contribution in [1.82, 2.24) is 10.2 Å². The molecule has 0 aliphatic carbocycles. The summed E-state index contributed by atoms with van der Waals surface area (Å²) >= 11 is 0. The minimum absolute atomic E-state index is 0.179. The fraction of sp³-hybridized carbons (Fsp3) is 0.625. The fourth-order valence-electron chi connectivity index (χ4n) is 2.68. The lowest BCUT2D eigenvalue weighted by Crippen LogP contribution is -2.31. The Labute approximate surface area is 121 Å².